The molecule has 0 radical (unpaired) electrons. The van der Waals surface area contributed by atoms with E-state index in [2.05, 4.69) is 43.2 Å². The van der Waals surface area contributed by atoms with Crippen molar-refractivity contribution in [1.29, 1.82) is 21.6 Å². The van der Waals surface area contributed by atoms with Crippen molar-refractivity contribution in [3.63, 3.8) is 0 Å². The summed E-state index contributed by atoms with van der Waals surface area (Å²) in [4.78, 5) is 8.40. The Balaban J connectivity index is 0.000000200. The van der Waals surface area contributed by atoms with Crippen LogP contribution in [0.3, 0.4) is 0 Å². The minimum Gasteiger partial charge on any atom is -0.497 e. The first-order valence-electron chi connectivity index (χ1n) is 22.2. The van der Waals surface area contributed by atoms with E-state index in [1.54, 1.807) is 75.9 Å². The van der Waals surface area contributed by atoms with E-state index in [1.165, 1.54) is 9.36 Å². The van der Waals surface area contributed by atoms with E-state index in [-0.39, 0.29) is 35.9 Å². The molecule has 356 valence electrons. The Bertz CT molecular complexity index is 3340. The van der Waals surface area contributed by atoms with Crippen molar-refractivity contribution in [3.8, 4) is 57.0 Å². The maximum absolute atomic E-state index is 8.52. The van der Waals surface area contributed by atoms with Crippen LogP contribution in [-0.2, 0) is 11.2 Å². The standard InChI is InChI=1S/C26H25N7O3.C24H21N5O3.C2H6/c1-5-23(20-11-10-19(34-4)14-22(20)29-3)35-15-25(28)33-24(27)13-12-21(32-33)17-6-8-18(9-7-17)26-31-30-16(2)36-26;1-30-17-3-4-18-20(13-17)27-10-8-22(18)32-14-24(26)29-23(25)7-5-19(28-29)15-2-6-21-16(12-15)9-11-31-21;1-2/h5-14,27-28H,3,15H2,1-2,4H3;2-8,10,12-13,25-26H,9,11,14H2,1H3;1-2H3/b23-5+,27-24?,28-25?;;. The van der Waals surface area contributed by atoms with Gasteiger partial charge in [-0.25, -0.2) is 0 Å². The molecule has 4 aromatic heterocycles. The number of benzene rings is 4. The number of allylic oxidation sites excluding steroid dienone is 1. The fourth-order valence-electron chi connectivity index (χ4n) is 7.17. The summed E-state index contributed by atoms with van der Waals surface area (Å²) in [6.45, 7) is 11.7. The van der Waals surface area contributed by atoms with E-state index in [1.807, 2.05) is 81.4 Å². The first kappa shape index (κ1) is 48.9. The Labute approximate surface area is 403 Å². The molecule has 0 atom stereocenters. The van der Waals surface area contributed by atoms with Gasteiger partial charge < -0.3 is 28.1 Å². The Morgan fingerprint density at radius 1 is 0.757 bits per heavy atom. The van der Waals surface area contributed by atoms with Crippen molar-refractivity contribution in [1.82, 2.24) is 34.7 Å². The molecular weight excluding hydrogens is 889 g/mol. The van der Waals surface area contributed by atoms with Gasteiger partial charge in [0.1, 0.15) is 52.9 Å². The zero-order valence-electron chi connectivity index (χ0n) is 39.6. The zero-order valence-corrected chi connectivity index (χ0v) is 39.6. The summed E-state index contributed by atoms with van der Waals surface area (Å²) in [6.07, 6.45) is 4.31. The molecule has 0 amide bonds. The molecule has 8 aromatic rings. The number of hydrogen-bond acceptors (Lipinski definition) is 16. The van der Waals surface area contributed by atoms with Gasteiger partial charge >= 0.3 is 0 Å². The van der Waals surface area contributed by atoms with Gasteiger partial charge in [-0.05, 0) is 110 Å². The molecule has 0 fully saturated rings. The Kier molecular flexibility index (Phi) is 15.8. The fraction of sp³-hybridized carbons (Fsp3) is 0.192. The van der Waals surface area contributed by atoms with Gasteiger partial charge in [-0.1, -0.05) is 26.0 Å². The lowest BCUT2D eigenvalue weighted by Gasteiger charge is -2.15. The van der Waals surface area contributed by atoms with Crippen molar-refractivity contribution < 1.29 is 28.1 Å². The number of nitrogens with zero attached hydrogens (tertiary/aromatic N) is 8. The van der Waals surface area contributed by atoms with Crippen LogP contribution in [-0.4, -0.2) is 87.2 Å². The number of methoxy groups -OCH3 is 2. The largest absolute Gasteiger partial charge is 0.497 e. The van der Waals surface area contributed by atoms with Crippen LogP contribution in [0.4, 0.5) is 5.69 Å². The summed E-state index contributed by atoms with van der Waals surface area (Å²) in [7, 11) is 3.19. The van der Waals surface area contributed by atoms with Gasteiger partial charge in [0.15, 0.2) is 11.7 Å². The molecule has 9 rings (SSSR count). The number of aromatic nitrogens is 7. The molecule has 18 nitrogen and oxygen atoms in total. The van der Waals surface area contributed by atoms with Gasteiger partial charge in [-0.2, -0.15) is 19.6 Å². The SMILES string of the molecule is C=Nc1cc(OC)ccc1/C(=C\C)OCC(=N)n1nc(-c2ccc(-c3nnc(C)o3)cc2)ccc1=N.CC.COc1ccc2c(OCC(=N)n3nc(-c4ccc5c(c4)CCO5)ccc3=N)ccnc2c1. The van der Waals surface area contributed by atoms with Gasteiger partial charge in [-0.3, -0.25) is 31.6 Å². The van der Waals surface area contributed by atoms with Crippen LogP contribution >= 0.6 is 0 Å². The van der Waals surface area contributed by atoms with Crippen molar-refractivity contribution in [2.24, 2.45) is 4.99 Å². The summed E-state index contributed by atoms with van der Waals surface area (Å²) in [5.41, 5.74) is 7.17. The Morgan fingerprint density at radius 3 is 2.06 bits per heavy atom. The molecule has 4 aromatic carbocycles. The zero-order chi connectivity index (χ0) is 49.7. The van der Waals surface area contributed by atoms with Crippen molar-refractivity contribution in [2.75, 3.05) is 34.0 Å². The maximum Gasteiger partial charge on any atom is 0.247 e. The second-order valence-electron chi connectivity index (χ2n) is 15.0. The minimum atomic E-state index is -0.106. The lowest BCUT2D eigenvalue weighted by molar-refractivity contribution is 0.326. The average molecular weight is 941 g/mol. The van der Waals surface area contributed by atoms with Crippen LogP contribution in [0.5, 0.6) is 23.0 Å². The smallest absolute Gasteiger partial charge is 0.247 e. The number of fused-ring (bicyclic) bond motifs is 2. The lowest BCUT2D eigenvalue weighted by atomic mass is 10.1. The van der Waals surface area contributed by atoms with Crippen molar-refractivity contribution in [2.45, 2.75) is 34.1 Å². The van der Waals surface area contributed by atoms with E-state index >= 15 is 0 Å². The number of rotatable bonds is 13. The summed E-state index contributed by atoms with van der Waals surface area (Å²) < 4.78 is 35.9. The van der Waals surface area contributed by atoms with Crippen LogP contribution in [0.1, 0.15) is 37.8 Å². The van der Waals surface area contributed by atoms with Crippen LogP contribution in [0.2, 0.25) is 0 Å². The Morgan fingerprint density at radius 2 is 1.40 bits per heavy atom. The number of nitrogens with one attached hydrogen (secondary N) is 4. The summed E-state index contributed by atoms with van der Waals surface area (Å²) in [5.74, 6) is 4.39. The van der Waals surface area contributed by atoms with Crippen LogP contribution in [0.15, 0.2) is 131 Å². The van der Waals surface area contributed by atoms with Crippen LogP contribution in [0.25, 0.3) is 50.6 Å². The third-order valence-corrected chi connectivity index (χ3v) is 10.7. The molecule has 18 heteroatoms. The highest BCUT2D eigenvalue weighted by molar-refractivity contribution is 5.87. The van der Waals surface area contributed by atoms with E-state index < -0.39 is 0 Å². The van der Waals surface area contributed by atoms with Gasteiger partial charge in [0.05, 0.1) is 43.4 Å². The third kappa shape index (κ3) is 11.2. The second kappa shape index (κ2) is 22.6. The average Bonchev–Trinajstić information content (AvgIpc) is 4.07. The summed E-state index contributed by atoms with van der Waals surface area (Å²) in [5, 5.41) is 51.1. The van der Waals surface area contributed by atoms with Gasteiger partial charge in [-0.15, -0.1) is 10.2 Å². The van der Waals surface area contributed by atoms with E-state index in [4.69, 9.17) is 49.7 Å². The third-order valence-electron chi connectivity index (χ3n) is 10.7. The van der Waals surface area contributed by atoms with E-state index in [0.29, 0.717) is 58.5 Å². The molecule has 4 N–H and O–H groups in total. The highest BCUT2D eigenvalue weighted by Crippen LogP contribution is 2.32. The van der Waals surface area contributed by atoms with Crippen LogP contribution < -0.4 is 29.9 Å². The molecule has 0 saturated carbocycles. The molecule has 1 aliphatic heterocycles. The molecular formula is C52H52N12O6. The molecule has 70 heavy (non-hydrogen) atoms. The molecule has 5 heterocycles. The highest BCUT2D eigenvalue weighted by Gasteiger charge is 2.16. The lowest BCUT2D eigenvalue weighted by Crippen LogP contribution is -2.32. The molecule has 0 unspecified atom stereocenters. The van der Waals surface area contributed by atoms with Crippen molar-refractivity contribution in [3.05, 3.63) is 149 Å². The van der Waals surface area contributed by atoms with Crippen molar-refractivity contribution >= 4 is 40.7 Å². The maximum atomic E-state index is 8.52. The second-order valence-corrected chi connectivity index (χ2v) is 15.0. The predicted molar refractivity (Wildman–Crippen MR) is 267 cm³/mol. The highest BCUT2D eigenvalue weighted by atomic mass is 16.5. The molecule has 0 bridgehead atoms. The monoisotopic (exact) mass is 940 g/mol. The first-order valence-corrected chi connectivity index (χ1v) is 22.2. The molecule has 0 saturated heterocycles. The summed E-state index contributed by atoms with van der Waals surface area (Å²) >= 11 is 0. The van der Waals surface area contributed by atoms with Gasteiger partial charge in [0.2, 0.25) is 11.8 Å². The van der Waals surface area contributed by atoms with E-state index in [9.17, 15) is 0 Å². The predicted octanol–water partition coefficient (Wildman–Crippen LogP) is 9.08. The normalized spacial score (nSPS) is 11.5. The number of aliphatic imine (C=N–C) groups is 1. The number of aryl methyl sites for hydroxylation is 1. The quantitative estimate of drug-likeness (QED) is 0.0483. The summed E-state index contributed by atoms with van der Waals surface area (Å²) in [6, 6.07) is 32.8. The van der Waals surface area contributed by atoms with Gasteiger partial charge in [0, 0.05) is 59.3 Å². The number of ether oxygens (including phenoxy) is 5. The first-order chi connectivity index (χ1) is 34.0. The molecule has 0 spiro atoms. The topological polar surface area (TPSA) is 241 Å². The van der Waals surface area contributed by atoms with Gasteiger partial charge in [0.25, 0.3) is 0 Å². The van der Waals surface area contributed by atoms with E-state index in [0.717, 1.165) is 50.9 Å². The fourth-order valence-corrected chi connectivity index (χ4v) is 7.17. The van der Waals surface area contributed by atoms with Crippen LogP contribution in [0, 0.1) is 28.6 Å². The molecule has 0 aliphatic carbocycles. The Hall–Kier alpha value is -9.06. The molecule has 1 aliphatic rings. The number of pyridine rings is 1. The number of hydrogen-bond donors (Lipinski definition) is 4. The minimum absolute atomic E-state index is 0.000721.